The van der Waals surface area contributed by atoms with Crippen LogP contribution < -0.4 is 5.73 Å². The van der Waals surface area contributed by atoms with Crippen LogP contribution in [-0.2, 0) is 5.79 Å². The third kappa shape index (κ3) is 1.73. The van der Waals surface area contributed by atoms with E-state index in [2.05, 4.69) is 5.73 Å². The third-order valence-corrected chi connectivity index (χ3v) is 2.23. The lowest BCUT2D eigenvalue weighted by Gasteiger charge is -2.32. The number of aliphatic hydroxyl groups is 4. The molecule has 0 bridgehead atoms. The van der Waals surface area contributed by atoms with Crippen LogP contribution in [0.1, 0.15) is 5.56 Å². The first kappa shape index (κ1) is 14.1. The van der Waals surface area contributed by atoms with Gasteiger partial charge >= 0.3 is 0 Å². The van der Waals surface area contributed by atoms with E-state index in [9.17, 15) is 20.4 Å². The van der Waals surface area contributed by atoms with Gasteiger partial charge in [-0.2, -0.15) is 0 Å². The number of hydrogen-bond donors (Lipinski definition) is 10. The molecule has 11 N–H and O–H groups in total. The van der Waals surface area contributed by atoms with Crippen molar-refractivity contribution in [2.75, 3.05) is 0 Å². The zero-order chi connectivity index (χ0) is 14.5. The van der Waals surface area contributed by atoms with Crippen molar-refractivity contribution in [1.29, 1.82) is 0 Å². The lowest BCUT2D eigenvalue weighted by molar-refractivity contribution is -0.364. The Labute approximate surface area is 98.6 Å². The zero-order valence-electron chi connectivity index (χ0n) is 8.60. The van der Waals surface area contributed by atoms with Gasteiger partial charge in [0, 0.05) is 0 Å². The van der Waals surface area contributed by atoms with Crippen molar-refractivity contribution in [3.8, 4) is 28.7 Å². The van der Waals surface area contributed by atoms with Gasteiger partial charge in [0.1, 0.15) is 5.56 Å². The molecule has 0 radical (unpaired) electrons. The molecule has 0 aliphatic rings. The SMILES string of the molecule is NC(O)(O)C(O)(O)c1c(O)c(O)c(O)c(O)c1O. The summed E-state index contributed by atoms with van der Waals surface area (Å²) in [6, 6.07) is 0. The lowest BCUT2D eigenvalue weighted by atomic mass is 9.98. The molecule has 0 spiro atoms. The van der Waals surface area contributed by atoms with E-state index in [4.69, 9.17) is 25.5 Å². The number of hydrogen-bond acceptors (Lipinski definition) is 10. The van der Waals surface area contributed by atoms with E-state index in [0.717, 1.165) is 0 Å². The van der Waals surface area contributed by atoms with E-state index in [0.29, 0.717) is 0 Å². The highest BCUT2D eigenvalue weighted by atomic mass is 16.6. The van der Waals surface area contributed by atoms with Crippen molar-refractivity contribution >= 4 is 0 Å². The van der Waals surface area contributed by atoms with Crippen LogP contribution in [0.25, 0.3) is 0 Å². The molecule has 1 aromatic rings. The predicted molar refractivity (Wildman–Crippen MR) is 52.2 cm³/mol. The normalized spacial score (nSPS) is 12.7. The average Bonchev–Trinajstić information content (AvgIpc) is 2.22. The zero-order valence-corrected chi connectivity index (χ0v) is 8.60. The minimum atomic E-state index is -3.86. The fourth-order valence-corrected chi connectivity index (χ4v) is 1.20. The first-order valence-electron chi connectivity index (χ1n) is 4.30. The van der Waals surface area contributed by atoms with Crippen LogP contribution in [0.2, 0.25) is 0 Å². The quantitative estimate of drug-likeness (QED) is 0.148. The molecule has 0 unspecified atom stereocenters. The van der Waals surface area contributed by atoms with Crippen LogP contribution in [0.5, 0.6) is 28.7 Å². The van der Waals surface area contributed by atoms with Gasteiger partial charge in [0.05, 0.1) is 0 Å². The van der Waals surface area contributed by atoms with Gasteiger partial charge in [0.2, 0.25) is 17.2 Å². The molecule has 0 saturated carbocycles. The Kier molecular flexibility index (Phi) is 2.94. The maximum atomic E-state index is 9.33. The summed E-state index contributed by atoms with van der Waals surface area (Å²) in [4.78, 5) is 0. The summed E-state index contributed by atoms with van der Waals surface area (Å²) in [6.07, 6.45) is 0. The van der Waals surface area contributed by atoms with Crippen molar-refractivity contribution in [3.63, 3.8) is 0 Å². The monoisotopic (exact) mass is 265 g/mol. The van der Waals surface area contributed by atoms with E-state index in [1.807, 2.05) is 0 Å². The maximum absolute atomic E-state index is 9.33. The van der Waals surface area contributed by atoms with Gasteiger partial charge in [0.15, 0.2) is 11.5 Å². The predicted octanol–water partition coefficient (Wildman–Crippen LogP) is -3.05. The van der Waals surface area contributed by atoms with Crippen LogP contribution in [0.15, 0.2) is 0 Å². The molecule has 0 amide bonds. The fraction of sp³-hybridized carbons (Fsp3) is 0.250. The van der Waals surface area contributed by atoms with Gasteiger partial charge in [-0.05, 0) is 0 Å². The second-order valence-electron chi connectivity index (χ2n) is 3.52. The Bertz CT molecular complexity index is 461. The van der Waals surface area contributed by atoms with Gasteiger partial charge in [-0.3, -0.25) is 5.73 Å². The highest BCUT2D eigenvalue weighted by molar-refractivity contribution is 5.68. The number of phenols is 5. The number of benzene rings is 1. The van der Waals surface area contributed by atoms with E-state index in [1.54, 1.807) is 0 Å². The van der Waals surface area contributed by atoms with E-state index in [-0.39, 0.29) is 0 Å². The summed E-state index contributed by atoms with van der Waals surface area (Å²) in [6.45, 7) is 0. The molecular weight excluding hydrogens is 254 g/mol. The van der Waals surface area contributed by atoms with Gasteiger partial charge in [-0.1, -0.05) is 0 Å². The number of rotatable bonds is 2. The molecule has 0 fully saturated rings. The first-order valence-corrected chi connectivity index (χ1v) is 4.30. The summed E-state index contributed by atoms with van der Waals surface area (Å²) >= 11 is 0. The number of phenolic OH excluding ortho intramolecular Hbond substituents is 5. The Balaban J connectivity index is 3.72. The van der Waals surface area contributed by atoms with E-state index >= 15 is 0 Å². The summed E-state index contributed by atoms with van der Waals surface area (Å²) in [7, 11) is 0. The smallest absolute Gasteiger partial charge is 0.281 e. The maximum Gasteiger partial charge on any atom is 0.281 e. The molecule has 10 heteroatoms. The average molecular weight is 265 g/mol. The Hall–Kier alpha value is -1.98. The van der Waals surface area contributed by atoms with E-state index < -0.39 is 46.0 Å². The summed E-state index contributed by atoms with van der Waals surface area (Å²) in [5.41, 5.74) is 3.07. The van der Waals surface area contributed by atoms with Crippen molar-refractivity contribution in [2.45, 2.75) is 11.7 Å². The molecule has 102 valence electrons. The molecule has 10 nitrogen and oxygen atoms in total. The molecular formula is C8H11NO9. The van der Waals surface area contributed by atoms with Gasteiger partial charge in [-0.25, -0.2) is 0 Å². The van der Waals surface area contributed by atoms with E-state index in [1.165, 1.54) is 0 Å². The summed E-state index contributed by atoms with van der Waals surface area (Å²) in [5.74, 6) is -14.9. The Morgan fingerprint density at radius 2 is 0.889 bits per heavy atom. The fourth-order valence-electron chi connectivity index (χ4n) is 1.20. The Morgan fingerprint density at radius 1 is 0.611 bits per heavy atom. The lowest BCUT2D eigenvalue weighted by Crippen LogP contribution is -2.58. The van der Waals surface area contributed by atoms with Crippen LogP contribution in [0.4, 0.5) is 0 Å². The molecule has 0 aliphatic carbocycles. The van der Waals surface area contributed by atoms with Gasteiger partial charge < -0.3 is 46.0 Å². The highest BCUT2D eigenvalue weighted by Crippen LogP contribution is 2.54. The van der Waals surface area contributed by atoms with Crippen molar-refractivity contribution in [3.05, 3.63) is 5.56 Å². The van der Waals surface area contributed by atoms with Gasteiger partial charge in [-0.15, -0.1) is 0 Å². The topological polar surface area (TPSA) is 208 Å². The minimum Gasteiger partial charge on any atom is -0.504 e. The van der Waals surface area contributed by atoms with Crippen LogP contribution >= 0.6 is 0 Å². The first-order chi connectivity index (χ1) is 7.93. The molecule has 0 heterocycles. The van der Waals surface area contributed by atoms with Gasteiger partial charge in [0.25, 0.3) is 11.7 Å². The van der Waals surface area contributed by atoms with Crippen molar-refractivity contribution in [2.24, 2.45) is 5.73 Å². The largest absolute Gasteiger partial charge is 0.504 e. The highest BCUT2D eigenvalue weighted by Gasteiger charge is 2.51. The number of aromatic hydroxyl groups is 5. The molecule has 0 aliphatic heterocycles. The molecule has 1 aromatic carbocycles. The van der Waals surface area contributed by atoms with Crippen LogP contribution in [0.3, 0.4) is 0 Å². The second-order valence-corrected chi connectivity index (χ2v) is 3.52. The summed E-state index contributed by atoms with van der Waals surface area (Å²) in [5, 5.41) is 82.3. The number of nitrogens with two attached hydrogens (primary N) is 1. The molecule has 0 atom stereocenters. The standard InChI is InChI=1S/C8H11NO9/c9-8(17,18)7(15,16)1-2(10)4(12)6(14)5(13)3(1)11/h10-18H,9H2. The molecule has 1 rings (SSSR count). The van der Waals surface area contributed by atoms with Crippen molar-refractivity contribution in [1.82, 2.24) is 0 Å². The van der Waals surface area contributed by atoms with Crippen molar-refractivity contribution < 1.29 is 46.0 Å². The second kappa shape index (κ2) is 3.76. The molecule has 18 heavy (non-hydrogen) atoms. The van der Waals surface area contributed by atoms with Crippen LogP contribution in [-0.4, -0.2) is 51.9 Å². The summed E-state index contributed by atoms with van der Waals surface area (Å²) < 4.78 is 0. The molecule has 0 saturated heterocycles. The van der Waals surface area contributed by atoms with Crippen LogP contribution in [0, 0.1) is 0 Å². The third-order valence-electron chi connectivity index (χ3n) is 2.23. The molecule has 0 aromatic heterocycles. The minimum absolute atomic E-state index is 1.36. The Morgan fingerprint density at radius 3 is 1.17 bits per heavy atom.